The Labute approximate surface area is 172 Å². The van der Waals surface area contributed by atoms with Crippen molar-refractivity contribution < 1.29 is 19.1 Å². The summed E-state index contributed by atoms with van der Waals surface area (Å²) in [7, 11) is 1.61. The van der Waals surface area contributed by atoms with E-state index in [4.69, 9.17) is 9.47 Å². The zero-order valence-electron chi connectivity index (χ0n) is 17.4. The van der Waals surface area contributed by atoms with E-state index in [0.717, 1.165) is 34.6 Å². The minimum atomic E-state index is -0.215. The van der Waals surface area contributed by atoms with Crippen molar-refractivity contribution in [3.05, 3.63) is 59.2 Å². The summed E-state index contributed by atoms with van der Waals surface area (Å²) in [6.45, 7) is 5.01. The Kier molecular flexibility index (Phi) is 9.02. The molecule has 0 aliphatic carbocycles. The molecule has 2 rings (SSSR count). The number of rotatable bonds is 11. The monoisotopic (exact) mass is 398 g/mol. The van der Waals surface area contributed by atoms with Crippen LogP contribution in [-0.4, -0.2) is 32.1 Å². The third kappa shape index (κ3) is 8.25. The minimum Gasteiger partial charge on any atom is -0.497 e. The van der Waals surface area contributed by atoms with Gasteiger partial charge in [-0.1, -0.05) is 24.3 Å². The molecule has 6 heteroatoms. The van der Waals surface area contributed by atoms with Crippen LogP contribution in [0.4, 0.5) is 0 Å². The van der Waals surface area contributed by atoms with Gasteiger partial charge in [-0.05, 0) is 61.6 Å². The van der Waals surface area contributed by atoms with Gasteiger partial charge in [0.15, 0.2) is 0 Å². The summed E-state index contributed by atoms with van der Waals surface area (Å²) < 4.78 is 10.9. The molecule has 156 valence electrons. The van der Waals surface area contributed by atoms with Crippen molar-refractivity contribution in [3.63, 3.8) is 0 Å². The van der Waals surface area contributed by atoms with E-state index in [-0.39, 0.29) is 18.4 Å². The molecule has 29 heavy (non-hydrogen) atoms. The molecule has 0 aliphatic rings. The second-order valence-electron chi connectivity index (χ2n) is 6.98. The van der Waals surface area contributed by atoms with Gasteiger partial charge in [-0.2, -0.15) is 0 Å². The van der Waals surface area contributed by atoms with Crippen molar-refractivity contribution >= 4 is 11.8 Å². The number of hydrogen-bond donors (Lipinski definition) is 2. The number of benzene rings is 2. The molecule has 0 heterocycles. The van der Waals surface area contributed by atoms with Crippen LogP contribution in [0, 0.1) is 13.8 Å². The van der Waals surface area contributed by atoms with Gasteiger partial charge in [0.2, 0.25) is 11.8 Å². The Morgan fingerprint density at radius 1 is 0.931 bits per heavy atom. The molecular formula is C23H30N2O4. The smallest absolute Gasteiger partial charge is 0.239 e. The van der Waals surface area contributed by atoms with Crippen LogP contribution in [0.25, 0.3) is 0 Å². The summed E-state index contributed by atoms with van der Waals surface area (Å²) in [5.74, 6) is 1.32. The second-order valence-corrected chi connectivity index (χ2v) is 6.98. The predicted molar refractivity (Wildman–Crippen MR) is 113 cm³/mol. The molecule has 0 unspecified atom stereocenters. The van der Waals surface area contributed by atoms with Crippen molar-refractivity contribution in [2.24, 2.45) is 0 Å². The number of methoxy groups -OCH3 is 1. The SMILES string of the molecule is COc1ccc(CNC(=O)CNC(=O)CCCCOc2cc(C)ccc2C)cc1. The van der Waals surface area contributed by atoms with Gasteiger partial charge in [-0.15, -0.1) is 0 Å². The van der Waals surface area contributed by atoms with Gasteiger partial charge in [-0.3, -0.25) is 9.59 Å². The molecule has 2 aromatic carbocycles. The molecule has 0 bridgehead atoms. The van der Waals surface area contributed by atoms with Gasteiger partial charge in [0.25, 0.3) is 0 Å². The highest BCUT2D eigenvalue weighted by molar-refractivity contribution is 5.84. The number of nitrogens with one attached hydrogen (secondary N) is 2. The molecular weight excluding hydrogens is 368 g/mol. The largest absolute Gasteiger partial charge is 0.497 e. The number of aryl methyl sites for hydroxylation is 2. The molecule has 0 spiro atoms. The fourth-order valence-corrected chi connectivity index (χ4v) is 2.71. The maximum absolute atomic E-state index is 11.9. The van der Waals surface area contributed by atoms with Gasteiger partial charge < -0.3 is 20.1 Å². The van der Waals surface area contributed by atoms with E-state index in [1.54, 1.807) is 7.11 Å². The second kappa shape index (κ2) is 11.7. The molecule has 0 saturated carbocycles. The third-order valence-corrected chi connectivity index (χ3v) is 4.49. The lowest BCUT2D eigenvalue weighted by Crippen LogP contribution is -2.36. The van der Waals surface area contributed by atoms with Crippen LogP contribution in [0.1, 0.15) is 36.0 Å². The molecule has 0 aliphatic heterocycles. The van der Waals surface area contributed by atoms with Crippen LogP contribution in [0.2, 0.25) is 0 Å². The summed E-state index contributed by atoms with van der Waals surface area (Å²) in [4.78, 5) is 23.7. The zero-order chi connectivity index (χ0) is 21.1. The van der Waals surface area contributed by atoms with Crippen molar-refractivity contribution in [2.45, 2.75) is 39.7 Å². The van der Waals surface area contributed by atoms with Crippen LogP contribution in [0.5, 0.6) is 11.5 Å². The molecule has 0 radical (unpaired) electrons. The van der Waals surface area contributed by atoms with Gasteiger partial charge in [-0.25, -0.2) is 0 Å². The fourth-order valence-electron chi connectivity index (χ4n) is 2.71. The Hall–Kier alpha value is -3.02. The highest BCUT2D eigenvalue weighted by Crippen LogP contribution is 2.19. The van der Waals surface area contributed by atoms with Crippen LogP contribution < -0.4 is 20.1 Å². The van der Waals surface area contributed by atoms with E-state index in [9.17, 15) is 9.59 Å². The summed E-state index contributed by atoms with van der Waals surface area (Å²) in [5, 5.41) is 5.43. The Morgan fingerprint density at radius 2 is 1.69 bits per heavy atom. The van der Waals surface area contributed by atoms with Crippen LogP contribution in [-0.2, 0) is 16.1 Å². The molecule has 0 atom stereocenters. The number of hydrogen-bond acceptors (Lipinski definition) is 4. The quantitative estimate of drug-likeness (QED) is 0.570. The Bertz CT molecular complexity index is 803. The summed E-state index contributed by atoms with van der Waals surface area (Å²) in [6, 6.07) is 13.6. The molecule has 2 N–H and O–H groups in total. The molecule has 6 nitrogen and oxygen atoms in total. The number of carbonyl (C=O) groups is 2. The molecule has 0 aromatic heterocycles. The number of ether oxygens (including phenoxy) is 2. The first kappa shape index (κ1) is 22.3. The highest BCUT2D eigenvalue weighted by atomic mass is 16.5. The average Bonchev–Trinajstić information content (AvgIpc) is 2.73. The van der Waals surface area contributed by atoms with Crippen molar-refractivity contribution in [1.82, 2.24) is 10.6 Å². The van der Waals surface area contributed by atoms with Crippen molar-refractivity contribution in [1.29, 1.82) is 0 Å². The third-order valence-electron chi connectivity index (χ3n) is 4.49. The van der Waals surface area contributed by atoms with E-state index < -0.39 is 0 Å². The van der Waals surface area contributed by atoms with Crippen molar-refractivity contribution in [3.8, 4) is 11.5 Å². The maximum atomic E-state index is 11.9. The lowest BCUT2D eigenvalue weighted by molar-refractivity contribution is -0.126. The summed E-state index contributed by atoms with van der Waals surface area (Å²) in [6.07, 6.45) is 1.87. The highest BCUT2D eigenvalue weighted by Gasteiger charge is 2.06. The minimum absolute atomic E-state index is 0.0199. The Morgan fingerprint density at radius 3 is 2.41 bits per heavy atom. The Balaban J connectivity index is 1.55. The fraction of sp³-hybridized carbons (Fsp3) is 0.391. The summed E-state index contributed by atoms with van der Waals surface area (Å²) in [5.41, 5.74) is 3.23. The first-order chi connectivity index (χ1) is 14.0. The number of amides is 2. The van der Waals surface area contributed by atoms with Crippen LogP contribution >= 0.6 is 0 Å². The first-order valence-electron chi connectivity index (χ1n) is 9.84. The lowest BCUT2D eigenvalue weighted by atomic mass is 10.1. The standard InChI is InChI=1S/C23H30N2O4/c1-17-7-8-18(2)21(14-17)29-13-5-4-6-22(26)25-16-23(27)24-15-19-9-11-20(28-3)12-10-19/h7-12,14H,4-6,13,15-16H2,1-3H3,(H,24,27)(H,25,26). The van der Waals surface area contributed by atoms with E-state index in [2.05, 4.69) is 16.7 Å². The van der Waals surface area contributed by atoms with Gasteiger partial charge >= 0.3 is 0 Å². The normalized spacial score (nSPS) is 10.3. The van der Waals surface area contributed by atoms with Gasteiger partial charge in [0.1, 0.15) is 11.5 Å². The first-order valence-corrected chi connectivity index (χ1v) is 9.84. The van der Waals surface area contributed by atoms with E-state index in [1.807, 2.05) is 50.2 Å². The predicted octanol–water partition coefficient (Wildman–Crippen LogP) is 3.29. The molecule has 0 fully saturated rings. The summed E-state index contributed by atoms with van der Waals surface area (Å²) >= 11 is 0. The lowest BCUT2D eigenvalue weighted by Gasteiger charge is -2.10. The van der Waals surface area contributed by atoms with Gasteiger partial charge in [0, 0.05) is 13.0 Å². The van der Waals surface area contributed by atoms with E-state index in [0.29, 0.717) is 26.0 Å². The number of carbonyl (C=O) groups excluding carboxylic acids is 2. The maximum Gasteiger partial charge on any atom is 0.239 e. The van der Waals surface area contributed by atoms with Gasteiger partial charge in [0.05, 0.1) is 20.3 Å². The zero-order valence-corrected chi connectivity index (χ0v) is 17.4. The van der Waals surface area contributed by atoms with Crippen molar-refractivity contribution in [2.75, 3.05) is 20.3 Å². The average molecular weight is 399 g/mol. The molecule has 0 saturated heterocycles. The number of unbranched alkanes of at least 4 members (excludes halogenated alkanes) is 1. The molecule has 2 aromatic rings. The topological polar surface area (TPSA) is 76.7 Å². The van der Waals surface area contributed by atoms with E-state index >= 15 is 0 Å². The van der Waals surface area contributed by atoms with Crippen LogP contribution in [0.15, 0.2) is 42.5 Å². The van der Waals surface area contributed by atoms with Crippen LogP contribution in [0.3, 0.4) is 0 Å². The van der Waals surface area contributed by atoms with E-state index in [1.165, 1.54) is 0 Å². The molecule has 2 amide bonds.